The Labute approximate surface area is 116 Å². The lowest BCUT2D eigenvalue weighted by atomic mass is 10.1. The molecule has 2 aromatic rings. The summed E-state index contributed by atoms with van der Waals surface area (Å²) in [7, 11) is 0. The third-order valence-corrected chi connectivity index (χ3v) is 3.25. The summed E-state index contributed by atoms with van der Waals surface area (Å²) in [6, 6.07) is 11.1. The molecule has 0 radical (unpaired) electrons. The molecule has 0 amide bonds. The second kappa shape index (κ2) is 6.13. The van der Waals surface area contributed by atoms with Crippen molar-refractivity contribution in [2.24, 2.45) is 0 Å². The molecule has 0 bridgehead atoms. The van der Waals surface area contributed by atoms with E-state index in [1.807, 2.05) is 13.0 Å². The molecule has 0 fully saturated rings. The Morgan fingerprint density at radius 2 is 1.95 bits per heavy atom. The second-order valence-corrected chi connectivity index (χ2v) is 4.81. The van der Waals surface area contributed by atoms with Crippen LogP contribution in [0.1, 0.15) is 24.1 Å². The largest absolute Gasteiger partial charge is 0.306 e. The van der Waals surface area contributed by atoms with E-state index in [-0.39, 0.29) is 16.9 Å². The number of hydrogen-bond donors (Lipinski definition) is 1. The first-order valence-electron chi connectivity index (χ1n) is 5.99. The average molecular weight is 282 g/mol. The van der Waals surface area contributed by atoms with Crippen molar-refractivity contribution in [3.05, 3.63) is 70.2 Å². The van der Waals surface area contributed by atoms with Crippen LogP contribution >= 0.6 is 11.6 Å². The lowest BCUT2D eigenvalue weighted by Crippen LogP contribution is -2.18. The highest BCUT2D eigenvalue weighted by atomic mass is 35.5. The summed E-state index contributed by atoms with van der Waals surface area (Å²) in [4.78, 5) is 0. The lowest BCUT2D eigenvalue weighted by molar-refractivity contribution is 0.561. The summed E-state index contributed by atoms with van der Waals surface area (Å²) in [5.41, 5.74) is 1.65. The molecule has 4 heteroatoms. The van der Waals surface area contributed by atoms with E-state index in [1.165, 1.54) is 24.3 Å². The number of nitrogens with one attached hydrogen (secondary N) is 1. The molecule has 1 N–H and O–H groups in total. The van der Waals surface area contributed by atoms with Crippen LogP contribution in [0, 0.1) is 11.6 Å². The van der Waals surface area contributed by atoms with Gasteiger partial charge in [0.15, 0.2) is 0 Å². The first-order valence-corrected chi connectivity index (χ1v) is 6.37. The maximum atomic E-state index is 13.3. The summed E-state index contributed by atoms with van der Waals surface area (Å²) in [6.45, 7) is 2.42. The van der Waals surface area contributed by atoms with Crippen molar-refractivity contribution < 1.29 is 8.78 Å². The van der Waals surface area contributed by atoms with Crippen molar-refractivity contribution in [1.82, 2.24) is 5.32 Å². The molecule has 2 aromatic carbocycles. The Bertz CT molecular complexity index is 572. The molecule has 0 aliphatic carbocycles. The van der Waals surface area contributed by atoms with Gasteiger partial charge in [0.25, 0.3) is 0 Å². The van der Waals surface area contributed by atoms with Crippen LogP contribution in [0.25, 0.3) is 0 Å². The highest BCUT2D eigenvalue weighted by Gasteiger charge is 2.07. The third-order valence-electron chi connectivity index (χ3n) is 2.95. The van der Waals surface area contributed by atoms with Gasteiger partial charge in [0, 0.05) is 12.6 Å². The van der Waals surface area contributed by atoms with Crippen molar-refractivity contribution >= 4 is 11.6 Å². The number of rotatable bonds is 4. The fourth-order valence-electron chi connectivity index (χ4n) is 1.81. The van der Waals surface area contributed by atoms with Crippen LogP contribution in [0.15, 0.2) is 42.5 Å². The smallest absolute Gasteiger partial charge is 0.142 e. The van der Waals surface area contributed by atoms with E-state index in [0.717, 1.165) is 11.1 Å². The van der Waals surface area contributed by atoms with Crippen molar-refractivity contribution in [3.8, 4) is 0 Å². The molecule has 1 atom stereocenters. The summed E-state index contributed by atoms with van der Waals surface area (Å²) in [5, 5.41) is 3.33. The van der Waals surface area contributed by atoms with Crippen LogP contribution in [-0.4, -0.2) is 0 Å². The predicted octanol–water partition coefficient (Wildman–Crippen LogP) is 4.47. The molecule has 0 aliphatic heterocycles. The number of halogens is 3. The van der Waals surface area contributed by atoms with Gasteiger partial charge >= 0.3 is 0 Å². The fraction of sp³-hybridized carbons (Fsp3) is 0.200. The van der Waals surface area contributed by atoms with Gasteiger partial charge in [-0.3, -0.25) is 0 Å². The summed E-state index contributed by atoms with van der Waals surface area (Å²) < 4.78 is 26.4. The van der Waals surface area contributed by atoms with Crippen LogP contribution in [0.4, 0.5) is 8.78 Å². The molecule has 100 valence electrons. The third kappa shape index (κ3) is 3.75. The predicted molar refractivity (Wildman–Crippen MR) is 73.1 cm³/mol. The molecule has 0 saturated heterocycles. The van der Waals surface area contributed by atoms with Crippen LogP contribution in [0.5, 0.6) is 0 Å². The van der Waals surface area contributed by atoms with Gasteiger partial charge in [-0.15, -0.1) is 0 Å². The van der Waals surface area contributed by atoms with Gasteiger partial charge in [-0.05, 0) is 42.3 Å². The molecule has 1 nitrogen and oxygen atoms in total. The molecule has 19 heavy (non-hydrogen) atoms. The molecular weight excluding hydrogens is 268 g/mol. The molecule has 0 aliphatic rings. The molecule has 2 rings (SSSR count). The zero-order valence-electron chi connectivity index (χ0n) is 10.5. The van der Waals surface area contributed by atoms with E-state index in [0.29, 0.717) is 6.54 Å². The zero-order valence-corrected chi connectivity index (χ0v) is 11.2. The summed E-state index contributed by atoms with van der Waals surface area (Å²) in [6.07, 6.45) is 0. The minimum atomic E-state index is -0.431. The Kier molecular flexibility index (Phi) is 4.51. The molecule has 0 saturated carbocycles. The highest BCUT2D eigenvalue weighted by molar-refractivity contribution is 6.30. The van der Waals surface area contributed by atoms with Crippen molar-refractivity contribution in [2.45, 2.75) is 19.5 Å². The zero-order chi connectivity index (χ0) is 13.8. The summed E-state index contributed by atoms with van der Waals surface area (Å²) >= 11 is 5.62. The normalized spacial score (nSPS) is 12.4. The van der Waals surface area contributed by atoms with Gasteiger partial charge in [-0.25, -0.2) is 8.78 Å². The van der Waals surface area contributed by atoms with Crippen molar-refractivity contribution in [1.29, 1.82) is 0 Å². The van der Waals surface area contributed by atoms with E-state index in [9.17, 15) is 8.78 Å². The maximum absolute atomic E-state index is 13.3. The van der Waals surface area contributed by atoms with Crippen molar-refractivity contribution in [3.63, 3.8) is 0 Å². The first kappa shape index (κ1) is 14.0. The molecule has 0 aromatic heterocycles. The average Bonchev–Trinajstić information content (AvgIpc) is 2.40. The van der Waals surface area contributed by atoms with Crippen LogP contribution in [0.3, 0.4) is 0 Å². The Morgan fingerprint density at radius 1 is 1.16 bits per heavy atom. The van der Waals surface area contributed by atoms with Gasteiger partial charge in [0.2, 0.25) is 0 Å². The lowest BCUT2D eigenvalue weighted by Gasteiger charge is -2.14. The van der Waals surface area contributed by atoms with Crippen molar-refractivity contribution in [2.75, 3.05) is 0 Å². The Morgan fingerprint density at radius 3 is 2.63 bits per heavy atom. The van der Waals surface area contributed by atoms with Crippen LogP contribution in [-0.2, 0) is 6.54 Å². The maximum Gasteiger partial charge on any atom is 0.142 e. The van der Waals surface area contributed by atoms with E-state index in [2.05, 4.69) is 5.32 Å². The summed E-state index contributed by atoms with van der Waals surface area (Å²) in [5.74, 6) is -0.692. The minimum Gasteiger partial charge on any atom is -0.306 e. The van der Waals surface area contributed by atoms with E-state index >= 15 is 0 Å². The standard InChI is InChI=1S/C15H14ClF2N/c1-10(12-3-2-4-13(17)8-12)19-9-11-5-6-14(16)15(18)7-11/h2-8,10,19H,9H2,1H3/t10-/m0/s1. The SMILES string of the molecule is C[C@H](NCc1ccc(Cl)c(F)c1)c1cccc(F)c1. The van der Waals surface area contributed by atoms with E-state index < -0.39 is 5.82 Å². The van der Waals surface area contributed by atoms with E-state index in [4.69, 9.17) is 11.6 Å². The Hall–Kier alpha value is -1.45. The van der Waals surface area contributed by atoms with Gasteiger partial charge < -0.3 is 5.32 Å². The minimum absolute atomic E-state index is 0.0190. The number of hydrogen-bond acceptors (Lipinski definition) is 1. The topological polar surface area (TPSA) is 12.0 Å². The van der Waals surface area contributed by atoms with Crippen LogP contribution < -0.4 is 5.32 Å². The molecule has 0 spiro atoms. The van der Waals surface area contributed by atoms with E-state index in [1.54, 1.807) is 12.1 Å². The quantitative estimate of drug-likeness (QED) is 0.872. The number of benzene rings is 2. The first-order chi connectivity index (χ1) is 9.06. The second-order valence-electron chi connectivity index (χ2n) is 4.41. The monoisotopic (exact) mass is 281 g/mol. The fourth-order valence-corrected chi connectivity index (χ4v) is 1.93. The van der Waals surface area contributed by atoms with Gasteiger partial charge in [-0.1, -0.05) is 29.8 Å². The van der Waals surface area contributed by atoms with Gasteiger partial charge in [0.05, 0.1) is 5.02 Å². The molecule has 0 unspecified atom stereocenters. The Balaban J connectivity index is 2.00. The highest BCUT2D eigenvalue weighted by Crippen LogP contribution is 2.17. The van der Waals surface area contributed by atoms with Gasteiger partial charge in [0.1, 0.15) is 11.6 Å². The van der Waals surface area contributed by atoms with Crippen LogP contribution in [0.2, 0.25) is 5.02 Å². The molecule has 0 heterocycles. The molecular formula is C15H14ClF2N. The van der Waals surface area contributed by atoms with Gasteiger partial charge in [-0.2, -0.15) is 0 Å².